The molecular formula is C13H14N6O. The first-order valence-electron chi connectivity index (χ1n) is 6.26. The molecule has 0 aliphatic heterocycles. The minimum Gasteiger partial charge on any atom is -0.344 e. The molecule has 0 spiro atoms. The van der Waals surface area contributed by atoms with Crippen LogP contribution in [0.15, 0.2) is 24.4 Å². The van der Waals surface area contributed by atoms with E-state index in [1.807, 2.05) is 13.8 Å². The molecule has 1 amide bonds. The van der Waals surface area contributed by atoms with Gasteiger partial charge in [0, 0.05) is 17.5 Å². The number of carbonyl (C=O) groups is 1. The maximum absolute atomic E-state index is 12.2. The molecule has 2 heterocycles. The van der Waals surface area contributed by atoms with Gasteiger partial charge in [-0.2, -0.15) is 15.4 Å². The average molecular weight is 270 g/mol. The first kappa shape index (κ1) is 12.3. The van der Waals surface area contributed by atoms with E-state index in [4.69, 9.17) is 0 Å². The van der Waals surface area contributed by atoms with E-state index < -0.39 is 0 Å². The van der Waals surface area contributed by atoms with E-state index in [1.165, 1.54) is 0 Å². The van der Waals surface area contributed by atoms with E-state index in [-0.39, 0.29) is 11.9 Å². The zero-order chi connectivity index (χ0) is 14.1. The van der Waals surface area contributed by atoms with Crippen LogP contribution in [0.1, 0.15) is 34.8 Å². The lowest BCUT2D eigenvalue weighted by atomic mass is 10.1. The fourth-order valence-electron chi connectivity index (χ4n) is 1.98. The Balaban J connectivity index is 1.78. The fourth-order valence-corrected chi connectivity index (χ4v) is 1.98. The Morgan fingerprint density at radius 2 is 2.10 bits per heavy atom. The molecule has 102 valence electrons. The summed E-state index contributed by atoms with van der Waals surface area (Å²) in [5.41, 5.74) is 2.90. The van der Waals surface area contributed by atoms with Crippen LogP contribution >= 0.6 is 0 Å². The third-order valence-corrected chi connectivity index (χ3v) is 3.06. The van der Waals surface area contributed by atoms with Crippen LogP contribution in [0.25, 0.3) is 11.0 Å². The number of hydrogen-bond donors (Lipinski definition) is 3. The van der Waals surface area contributed by atoms with Gasteiger partial charge in [0.15, 0.2) is 0 Å². The van der Waals surface area contributed by atoms with E-state index in [1.54, 1.807) is 24.4 Å². The fraction of sp³-hybridized carbons (Fsp3) is 0.231. The number of nitrogens with zero attached hydrogens (tertiary/aromatic N) is 3. The van der Waals surface area contributed by atoms with Crippen LogP contribution in [-0.2, 0) is 0 Å². The summed E-state index contributed by atoms with van der Waals surface area (Å²) >= 11 is 0. The molecule has 3 aromatic rings. The highest BCUT2D eigenvalue weighted by molar-refractivity contribution is 5.97. The number of benzene rings is 1. The normalized spacial score (nSPS) is 12.5. The summed E-state index contributed by atoms with van der Waals surface area (Å²) < 4.78 is 0. The molecule has 1 atom stereocenters. The van der Waals surface area contributed by atoms with Gasteiger partial charge in [0.1, 0.15) is 16.9 Å². The molecule has 7 heteroatoms. The number of aryl methyl sites for hydroxylation is 1. The average Bonchev–Trinajstić information content (AvgIpc) is 3.05. The minimum atomic E-state index is -0.191. The predicted octanol–water partition coefficient (Wildman–Crippen LogP) is 1.48. The zero-order valence-corrected chi connectivity index (χ0v) is 11.1. The van der Waals surface area contributed by atoms with Gasteiger partial charge in [0.25, 0.3) is 5.91 Å². The maximum Gasteiger partial charge on any atom is 0.251 e. The Morgan fingerprint density at radius 1 is 1.30 bits per heavy atom. The van der Waals surface area contributed by atoms with Crippen LogP contribution in [0.2, 0.25) is 0 Å². The lowest BCUT2D eigenvalue weighted by Crippen LogP contribution is -2.27. The van der Waals surface area contributed by atoms with Crippen LogP contribution in [0.4, 0.5) is 0 Å². The van der Waals surface area contributed by atoms with Gasteiger partial charge in [0.05, 0.1) is 6.04 Å². The second-order valence-electron chi connectivity index (χ2n) is 4.67. The van der Waals surface area contributed by atoms with Crippen molar-refractivity contribution >= 4 is 16.9 Å². The summed E-state index contributed by atoms with van der Waals surface area (Å²) in [7, 11) is 0. The van der Waals surface area contributed by atoms with E-state index in [2.05, 4.69) is 30.7 Å². The molecule has 0 aliphatic carbocycles. The summed E-state index contributed by atoms with van der Waals surface area (Å²) in [6.07, 6.45) is 1.74. The Labute approximate surface area is 114 Å². The highest BCUT2D eigenvalue weighted by Crippen LogP contribution is 2.13. The van der Waals surface area contributed by atoms with Gasteiger partial charge in [-0.05, 0) is 32.0 Å². The topological polar surface area (TPSA) is 99.3 Å². The van der Waals surface area contributed by atoms with Crippen molar-refractivity contribution in [3.8, 4) is 0 Å². The highest BCUT2D eigenvalue weighted by Gasteiger charge is 2.14. The molecule has 3 N–H and O–H groups in total. The van der Waals surface area contributed by atoms with Gasteiger partial charge in [0.2, 0.25) is 0 Å². The summed E-state index contributed by atoms with van der Waals surface area (Å²) in [6.45, 7) is 3.80. The van der Waals surface area contributed by atoms with Crippen molar-refractivity contribution in [2.45, 2.75) is 19.9 Å². The standard InChI is InChI=1S/C13H14N6O/c1-7-6-14-12(15-7)8(2)16-13(20)9-3-4-10-11(5-9)18-19-17-10/h3-6,8H,1-2H3,(H,14,15)(H,16,20)(H,17,18,19)/t8-/m1/s1. The third-order valence-electron chi connectivity index (χ3n) is 3.06. The number of rotatable bonds is 3. The number of carbonyl (C=O) groups excluding carboxylic acids is 1. The van der Waals surface area contributed by atoms with Gasteiger partial charge >= 0.3 is 0 Å². The third kappa shape index (κ3) is 2.25. The molecular weight excluding hydrogens is 256 g/mol. The molecule has 0 unspecified atom stereocenters. The summed E-state index contributed by atoms with van der Waals surface area (Å²) in [6, 6.07) is 4.99. The van der Waals surface area contributed by atoms with E-state index in [0.29, 0.717) is 11.1 Å². The van der Waals surface area contributed by atoms with Crippen LogP contribution in [0.5, 0.6) is 0 Å². The molecule has 20 heavy (non-hydrogen) atoms. The Kier molecular flexibility index (Phi) is 2.94. The van der Waals surface area contributed by atoms with Crippen LogP contribution in [0.3, 0.4) is 0 Å². The van der Waals surface area contributed by atoms with Gasteiger partial charge in [-0.15, -0.1) is 0 Å². The second-order valence-corrected chi connectivity index (χ2v) is 4.67. The molecule has 1 aromatic carbocycles. The molecule has 7 nitrogen and oxygen atoms in total. The second kappa shape index (κ2) is 4.76. The highest BCUT2D eigenvalue weighted by atomic mass is 16.1. The number of aromatic nitrogens is 5. The molecule has 0 bridgehead atoms. The van der Waals surface area contributed by atoms with Gasteiger partial charge < -0.3 is 10.3 Å². The van der Waals surface area contributed by atoms with E-state index in [9.17, 15) is 4.79 Å². The number of aromatic amines is 2. The SMILES string of the molecule is Cc1cnc([C@@H](C)NC(=O)c2ccc3n[nH]nc3c2)[nH]1. The Morgan fingerprint density at radius 3 is 2.85 bits per heavy atom. The zero-order valence-electron chi connectivity index (χ0n) is 11.1. The van der Waals surface area contributed by atoms with Crippen molar-refractivity contribution in [1.82, 2.24) is 30.7 Å². The van der Waals surface area contributed by atoms with Crippen LogP contribution in [0, 0.1) is 6.92 Å². The van der Waals surface area contributed by atoms with Crippen molar-refractivity contribution in [1.29, 1.82) is 0 Å². The molecule has 0 saturated carbocycles. The van der Waals surface area contributed by atoms with Gasteiger partial charge in [-0.3, -0.25) is 4.79 Å². The molecule has 0 aliphatic rings. The number of H-pyrrole nitrogens is 2. The number of hydrogen-bond acceptors (Lipinski definition) is 4. The van der Waals surface area contributed by atoms with E-state index in [0.717, 1.165) is 17.0 Å². The molecule has 3 rings (SSSR count). The Bertz CT molecular complexity index is 759. The molecule has 0 saturated heterocycles. The van der Waals surface area contributed by atoms with Crippen molar-refractivity contribution in [2.24, 2.45) is 0 Å². The lowest BCUT2D eigenvalue weighted by molar-refractivity contribution is 0.0938. The summed E-state index contributed by atoms with van der Waals surface area (Å²) in [5, 5.41) is 13.3. The Hall–Kier alpha value is -2.70. The number of fused-ring (bicyclic) bond motifs is 1. The smallest absolute Gasteiger partial charge is 0.251 e. The monoisotopic (exact) mass is 270 g/mol. The first-order chi connectivity index (χ1) is 9.63. The van der Waals surface area contributed by atoms with Crippen molar-refractivity contribution in [3.05, 3.63) is 41.5 Å². The van der Waals surface area contributed by atoms with Crippen molar-refractivity contribution < 1.29 is 4.79 Å². The quantitative estimate of drug-likeness (QED) is 0.671. The number of imidazole rings is 1. The maximum atomic E-state index is 12.2. The number of amides is 1. The van der Waals surface area contributed by atoms with Gasteiger partial charge in [-0.1, -0.05) is 0 Å². The summed E-state index contributed by atoms with van der Waals surface area (Å²) in [4.78, 5) is 19.5. The largest absolute Gasteiger partial charge is 0.344 e. The predicted molar refractivity (Wildman–Crippen MR) is 73.1 cm³/mol. The van der Waals surface area contributed by atoms with Crippen molar-refractivity contribution in [3.63, 3.8) is 0 Å². The molecule has 2 aromatic heterocycles. The minimum absolute atomic E-state index is 0.170. The van der Waals surface area contributed by atoms with Crippen LogP contribution in [-0.4, -0.2) is 31.3 Å². The summed E-state index contributed by atoms with van der Waals surface area (Å²) in [5.74, 6) is 0.565. The van der Waals surface area contributed by atoms with Crippen LogP contribution < -0.4 is 5.32 Å². The lowest BCUT2D eigenvalue weighted by Gasteiger charge is -2.11. The van der Waals surface area contributed by atoms with E-state index >= 15 is 0 Å². The van der Waals surface area contributed by atoms with Crippen molar-refractivity contribution in [2.75, 3.05) is 0 Å². The number of nitrogens with one attached hydrogen (secondary N) is 3. The molecule has 0 radical (unpaired) electrons. The van der Waals surface area contributed by atoms with Gasteiger partial charge in [-0.25, -0.2) is 4.98 Å². The molecule has 0 fully saturated rings. The first-order valence-corrected chi connectivity index (χ1v) is 6.26.